The summed E-state index contributed by atoms with van der Waals surface area (Å²) in [5, 5.41) is 14.5. The third-order valence-electron chi connectivity index (χ3n) is 3.30. The first-order chi connectivity index (χ1) is 10.1. The second-order valence-corrected chi connectivity index (χ2v) is 4.65. The largest absolute Gasteiger partial charge is 0.363 e. The number of alkyl halides is 1. The number of carbonyl (C=O) groups is 1. The summed E-state index contributed by atoms with van der Waals surface area (Å²) >= 11 is 0. The Bertz CT molecular complexity index is 630. The molecule has 110 valence electrons. The van der Waals surface area contributed by atoms with E-state index in [-0.39, 0.29) is 29.2 Å². The minimum Gasteiger partial charge on any atom is -0.363 e. The second-order valence-electron chi connectivity index (χ2n) is 4.65. The molecule has 1 aromatic carbocycles. The molecule has 1 aromatic rings. The Kier molecular flexibility index (Phi) is 4.34. The summed E-state index contributed by atoms with van der Waals surface area (Å²) in [5.41, 5.74) is 8.28. The van der Waals surface area contributed by atoms with E-state index in [9.17, 15) is 19.3 Å². The molecule has 9 heteroatoms. The number of nitrogens with zero attached hydrogens (tertiary/aromatic N) is 5. The molecule has 1 aliphatic rings. The maximum Gasteiger partial charge on any atom is 0.293 e. The highest BCUT2D eigenvalue weighted by molar-refractivity contribution is 5.88. The first-order valence-electron chi connectivity index (χ1n) is 6.28. The molecule has 0 amide bonds. The fourth-order valence-corrected chi connectivity index (χ4v) is 2.35. The van der Waals surface area contributed by atoms with Crippen molar-refractivity contribution in [1.82, 2.24) is 0 Å². The van der Waals surface area contributed by atoms with Gasteiger partial charge in [0.15, 0.2) is 6.29 Å². The van der Waals surface area contributed by atoms with Gasteiger partial charge in [-0.1, -0.05) is 5.11 Å². The van der Waals surface area contributed by atoms with E-state index in [0.29, 0.717) is 25.7 Å². The van der Waals surface area contributed by atoms with Crippen LogP contribution in [-0.2, 0) is 0 Å². The average Bonchev–Trinajstić information content (AvgIpc) is 2.47. The number of nitro benzene ring substituents is 1. The highest BCUT2D eigenvalue weighted by Gasteiger charge is 2.26. The number of piperidine rings is 1. The molecular formula is C12H12FN5O3. The number of rotatable bonds is 4. The summed E-state index contributed by atoms with van der Waals surface area (Å²) in [6.07, 6.45) is 0.312. The quantitative estimate of drug-likeness (QED) is 0.212. The van der Waals surface area contributed by atoms with Crippen LogP contribution >= 0.6 is 0 Å². The zero-order chi connectivity index (χ0) is 15.4. The SMILES string of the molecule is [N-]=[N+]=Nc1cc(N2CCCC(F)C2)c([N+](=O)[O-])cc1C=O. The lowest BCUT2D eigenvalue weighted by molar-refractivity contribution is -0.384. The van der Waals surface area contributed by atoms with Crippen molar-refractivity contribution in [3.8, 4) is 0 Å². The number of halogens is 1. The molecule has 1 atom stereocenters. The van der Waals surface area contributed by atoms with E-state index in [1.54, 1.807) is 0 Å². The van der Waals surface area contributed by atoms with Gasteiger partial charge in [0.2, 0.25) is 0 Å². The van der Waals surface area contributed by atoms with Crippen molar-refractivity contribution in [3.05, 3.63) is 38.3 Å². The highest BCUT2D eigenvalue weighted by Crippen LogP contribution is 2.36. The number of azide groups is 1. The predicted molar refractivity (Wildman–Crippen MR) is 73.6 cm³/mol. The van der Waals surface area contributed by atoms with Gasteiger partial charge in [0, 0.05) is 29.6 Å². The van der Waals surface area contributed by atoms with E-state index in [1.165, 1.54) is 11.0 Å². The van der Waals surface area contributed by atoms with E-state index in [2.05, 4.69) is 10.0 Å². The van der Waals surface area contributed by atoms with Crippen LogP contribution in [0, 0.1) is 10.1 Å². The molecule has 0 aromatic heterocycles. The van der Waals surface area contributed by atoms with Gasteiger partial charge in [0.1, 0.15) is 11.9 Å². The first kappa shape index (κ1) is 14.7. The van der Waals surface area contributed by atoms with E-state index in [0.717, 1.165) is 6.07 Å². The van der Waals surface area contributed by atoms with Crippen molar-refractivity contribution < 1.29 is 14.1 Å². The maximum absolute atomic E-state index is 13.5. The molecule has 0 radical (unpaired) electrons. The van der Waals surface area contributed by atoms with Crippen LogP contribution in [0.15, 0.2) is 17.2 Å². The molecule has 1 unspecified atom stereocenters. The Morgan fingerprint density at radius 3 is 2.90 bits per heavy atom. The van der Waals surface area contributed by atoms with Crippen LogP contribution in [0.2, 0.25) is 0 Å². The number of carbonyl (C=O) groups excluding carboxylic acids is 1. The lowest BCUT2D eigenvalue weighted by Crippen LogP contribution is -2.36. The third-order valence-corrected chi connectivity index (χ3v) is 3.30. The van der Waals surface area contributed by atoms with Gasteiger partial charge < -0.3 is 4.90 Å². The molecule has 21 heavy (non-hydrogen) atoms. The summed E-state index contributed by atoms with van der Waals surface area (Å²) in [6, 6.07) is 2.31. The van der Waals surface area contributed by atoms with Crippen molar-refractivity contribution in [3.63, 3.8) is 0 Å². The smallest absolute Gasteiger partial charge is 0.293 e. The van der Waals surface area contributed by atoms with E-state index in [1.807, 2.05) is 0 Å². The van der Waals surface area contributed by atoms with Crippen LogP contribution in [0.4, 0.5) is 21.5 Å². The number of benzene rings is 1. The molecule has 1 aliphatic heterocycles. The van der Waals surface area contributed by atoms with Gasteiger partial charge in [0.05, 0.1) is 10.6 Å². The van der Waals surface area contributed by atoms with Crippen LogP contribution in [0.3, 0.4) is 0 Å². The summed E-state index contributed by atoms with van der Waals surface area (Å²) in [4.78, 5) is 25.6. The van der Waals surface area contributed by atoms with Crippen molar-refractivity contribution in [2.45, 2.75) is 19.0 Å². The Labute approximate surface area is 118 Å². The number of hydrogen-bond donors (Lipinski definition) is 0. The Balaban J connectivity index is 2.55. The molecular weight excluding hydrogens is 281 g/mol. The van der Waals surface area contributed by atoms with Gasteiger partial charge in [-0.3, -0.25) is 14.9 Å². The highest BCUT2D eigenvalue weighted by atomic mass is 19.1. The summed E-state index contributed by atoms with van der Waals surface area (Å²) in [5.74, 6) is 0. The summed E-state index contributed by atoms with van der Waals surface area (Å²) in [6.45, 7) is 0.508. The van der Waals surface area contributed by atoms with Crippen LogP contribution in [0.1, 0.15) is 23.2 Å². The van der Waals surface area contributed by atoms with Gasteiger partial charge in [-0.05, 0) is 24.4 Å². The molecule has 1 saturated heterocycles. The van der Waals surface area contributed by atoms with Gasteiger partial charge in [-0.2, -0.15) is 0 Å². The van der Waals surface area contributed by atoms with Gasteiger partial charge in [-0.25, -0.2) is 4.39 Å². The topological polar surface area (TPSA) is 112 Å². The standard InChI is InChI=1S/C12H12FN5O3/c13-9-2-1-3-17(6-9)11-5-10(15-16-14)8(7-19)4-12(11)18(20)21/h4-5,7,9H,1-3,6H2. The Hall–Kier alpha value is -2.67. The normalized spacial score (nSPS) is 18.0. The molecule has 0 saturated carbocycles. The number of aldehydes is 1. The van der Waals surface area contributed by atoms with Crippen LogP contribution in [0.25, 0.3) is 10.4 Å². The molecule has 0 aliphatic carbocycles. The first-order valence-corrected chi connectivity index (χ1v) is 6.28. The van der Waals surface area contributed by atoms with Gasteiger partial charge >= 0.3 is 0 Å². The molecule has 1 heterocycles. The molecule has 8 nitrogen and oxygen atoms in total. The summed E-state index contributed by atoms with van der Waals surface area (Å²) < 4.78 is 13.5. The van der Waals surface area contributed by atoms with Crippen LogP contribution in [0.5, 0.6) is 0 Å². The molecule has 0 N–H and O–H groups in total. The fourth-order valence-electron chi connectivity index (χ4n) is 2.35. The summed E-state index contributed by atoms with van der Waals surface area (Å²) in [7, 11) is 0. The monoisotopic (exact) mass is 293 g/mol. The van der Waals surface area contributed by atoms with Crippen molar-refractivity contribution in [2.75, 3.05) is 18.0 Å². The van der Waals surface area contributed by atoms with Crippen molar-refractivity contribution >= 4 is 23.3 Å². The lowest BCUT2D eigenvalue weighted by Gasteiger charge is -2.30. The number of nitro groups is 1. The second kappa shape index (κ2) is 6.19. The predicted octanol–water partition coefficient (Wildman–Crippen LogP) is 3.29. The van der Waals surface area contributed by atoms with E-state index in [4.69, 9.17) is 5.53 Å². The van der Waals surface area contributed by atoms with Crippen LogP contribution in [-0.4, -0.2) is 30.5 Å². The average molecular weight is 293 g/mol. The van der Waals surface area contributed by atoms with E-state index < -0.39 is 11.1 Å². The minimum absolute atomic E-state index is 0.00548. The third kappa shape index (κ3) is 3.09. The van der Waals surface area contributed by atoms with Crippen molar-refractivity contribution in [1.29, 1.82) is 0 Å². The Morgan fingerprint density at radius 2 is 2.33 bits per heavy atom. The van der Waals surface area contributed by atoms with Gasteiger partial charge in [0.25, 0.3) is 5.69 Å². The molecule has 0 spiro atoms. The fraction of sp³-hybridized carbons (Fsp3) is 0.417. The van der Waals surface area contributed by atoms with E-state index >= 15 is 0 Å². The van der Waals surface area contributed by atoms with Gasteiger partial charge in [-0.15, -0.1) is 0 Å². The number of anilines is 1. The van der Waals surface area contributed by atoms with Crippen LogP contribution < -0.4 is 4.90 Å². The zero-order valence-electron chi connectivity index (χ0n) is 11.0. The maximum atomic E-state index is 13.5. The Morgan fingerprint density at radius 1 is 1.57 bits per heavy atom. The molecule has 1 fully saturated rings. The number of hydrogen-bond acceptors (Lipinski definition) is 5. The lowest BCUT2D eigenvalue weighted by atomic mass is 10.1. The minimum atomic E-state index is -1.06. The van der Waals surface area contributed by atoms with Crippen molar-refractivity contribution in [2.24, 2.45) is 5.11 Å². The molecule has 2 rings (SSSR count). The molecule has 0 bridgehead atoms. The zero-order valence-corrected chi connectivity index (χ0v) is 11.0.